The first-order valence-corrected chi connectivity index (χ1v) is 22.8. The zero-order valence-electron chi connectivity index (χ0n) is 35.3. The summed E-state index contributed by atoms with van der Waals surface area (Å²) in [6.45, 7) is 7.22. The highest BCUT2D eigenvalue weighted by atomic mass is 32.2. The number of thioether (sulfide) groups is 2. The van der Waals surface area contributed by atoms with Crippen LogP contribution in [-0.4, -0.2) is 123 Å². The van der Waals surface area contributed by atoms with E-state index < -0.39 is 93.3 Å². The molecule has 0 aromatic heterocycles. The molecule has 2 aliphatic heterocycles. The summed E-state index contributed by atoms with van der Waals surface area (Å²) < 4.78 is -0.401. The summed E-state index contributed by atoms with van der Waals surface area (Å²) in [6, 6.07) is -0.175. The summed E-state index contributed by atoms with van der Waals surface area (Å²) in [4.78, 5) is 116. The van der Waals surface area contributed by atoms with Gasteiger partial charge >= 0.3 is 0 Å². The Bertz CT molecular complexity index is 1680. The first kappa shape index (κ1) is 47.9. The minimum Gasteiger partial charge on any atom is -0.347 e. The molecule has 3 fully saturated rings. The van der Waals surface area contributed by atoms with Crippen molar-refractivity contribution in [1.82, 2.24) is 31.1 Å². The zero-order chi connectivity index (χ0) is 43.4. The third kappa shape index (κ3) is 12.6. The molecular formula is C42H63N7O8S2. The normalized spacial score (nSPS) is 20.4. The van der Waals surface area contributed by atoms with Crippen LogP contribution < -0.4 is 27.0 Å². The lowest BCUT2D eigenvalue weighted by Gasteiger charge is -2.37. The number of imide groups is 1. The van der Waals surface area contributed by atoms with Crippen LogP contribution in [0.4, 0.5) is 0 Å². The molecule has 1 saturated carbocycles. The van der Waals surface area contributed by atoms with Crippen molar-refractivity contribution in [2.24, 2.45) is 17.6 Å². The van der Waals surface area contributed by atoms with Gasteiger partial charge in [0.1, 0.15) is 12.1 Å². The van der Waals surface area contributed by atoms with Crippen molar-refractivity contribution in [2.45, 2.75) is 132 Å². The summed E-state index contributed by atoms with van der Waals surface area (Å²) >= 11 is 3.40. The standard InChI is InChI=1S/C42H63N7O8S2/c1-7-15-29(43)35(51)41(57)49(39(55)31-23-42(24-44-31)58-20-14-21-59-42)34(38(54)47-33(40(56)48(5)6)28-18-12-9-13-19-28)36(52)32(27-16-10-8-11-17-27)46-37(53)30(22-25(2)3)45-26(4)50/h9,12-13,18-19,25,27,29-34,44H,7-8,10-11,14-17,20-24,43H2,1-6H3,(H,45,50)(H,46,53)(H,47,54)/t29-,30-,31?,32-,33?,34?/m0/s1. The molecule has 6 amide bonds. The lowest BCUT2D eigenvalue weighted by molar-refractivity contribution is -0.161. The van der Waals surface area contributed by atoms with Gasteiger partial charge in [-0.2, -0.15) is 0 Å². The van der Waals surface area contributed by atoms with Crippen molar-refractivity contribution >= 4 is 70.5 Å². The predicted octanol–water partition coefficient (Wildman–Crippen LogP) is 2.47. The number of carbonyl (C=O) groups excluding carboxylic acids is 8. The SMILES string of the molecule is CCC[C@H](N)C(=O)C(=O)N(C(=O)C1CC2(CN1)SCCCS2)C(C(=O)NC(C(=O)N(C)C)c1ccccc1)C(=O)[C@@H](NC(=O)[C@H](CC(C)C)NC(C)=O)C1CCCCC1. The molecule has 2 saturated heterocycles. The molecule has 1 aromatic carbocycles. The average Bonchev–Trinajstić information content (AvgIpc) is 3.62. The van der Waals surface area contributed by atoms with Crippen LogP contribution in [0.5, 0.6) is 0 Å². The van der Waals surface area contributed by atoms with E-state index >= 15 is 14.4 Å². The van der Waals surface area contributed by atoms with Crippen molar-refractivity contribution in [3.05, 3.63) is 35.9 Å². The van der Waals surface area contributed by atoms with Gasteiger partial charge in [0, 0.05) is 27.6 Å². The average molecular weight is 858 g/mol. The summed E-state index contributed by atoms with van der Waals surface area (Å²) in [6.07, 6.45) is 5.29. The molecule has 3 unspecified atom stereocenters. The van der Waals surface area contributed by atoms with Crippen molar-refractivity contribution in [3.63, 3.8) is 0 Å². The number of amides is 6. The molecule has 17 heteroatoms. The largest absolute Gasteiger partial charge is 0.347 e. The van der Waals surface area contributed by atoms with E-state index in [2.05, 4.69) is 21.3 Å². The van der Waals surface area contributed by atoms with Gasteiger partial charge in [-0.15, -0.1) is 23.5 Å². The molecule has 15 nitrogen and oxygen atoms in total. The minimum absolute atomic E-state index is 0.0316. The Labute approximate surface area is 356 Å². The van der Waals surface area contributed by atoms with Crippen LogP contribution in [0.25, 0.3) is 0 Å². The second-order valence-electron chi connectivity index (χ2n) is 16.5. The van der Waals surface area contributed by atoms with E-state index in [-0.39, 0.29) is 25.2 Å². The van der Waals surface area contributed by atoms with Crippen LogP contribution in [0.15, 0.2) is 30.3 Å². The number of hydrogen-bond donors (Lipinski definition) is 5. The van der Waals surface area contributed by atoms with Crippen molar-refractivity contribution in [1.29, 1.82) is 0 Å². The molecular weight excluding hydrogens is 795 g/mol. The first-order chi connectivity index (χ1) is 28.0. The third-order valence-electron chi connectivity index (χ3n) is 11.1. The Morgan fingerprint density at radius 1 is 0.898 bits per heavy atom. The lowest BCUT2D eigenvalue weighted by Crippen LogP contribution is -2.66. The van der Waals surface area contributed by atoms with Gasteiger partial charge in [-0.05, 0) is 67.4 Å². The summed E-state index contributed by atoms with van der Waals surface area (Å²) in [7, 11) is 3.00. The van der Waals surface area contributed by atoms with Gasteiger partial charge in [-0.3, -0.25) is 43.3 Å². The third-order valence-corrected chi connectivity index (χ3v) is 14.4. The maximum Gasteiger partial charge on any atom is 0.299 e. The first-order valence-electron chi connectivity index (χ1n) is 20.9. The second kappa shape index (κ2) is 22.2. The highest BCUT2D eigenvalue weighted by molar-refractivity contribution is 8.18. The Hall–Kier alpha value is -3.80. The molecule has 326 valence electrons. The van der Waals surface area contributed by atoms with Crippen LogP contribution in [-0.2, 0) is 38.4 Å². The number of Topliss-reactive ketones (excluding diaryl/α,β-unsaturated/α-hetero) is 2. The predicted molar refractivity (Wildman–Crippen MR) is 229 cm³/mol. The Morgan fingerprint density at radius 3 is 2.12 bits per heavy atom. The van der Waals surface area contributed by atoms with Crippen LogP contribution >= 0.6 is 23.5 Å². The molecule has 3 aliphatic rings. The fourth-order valence-corrected chi connectivity index (χ4v) is 11.3. The van der Waals surface area contributed by atoms with Gasteiger partial charge < -0.3 is 31.9 Å². The lowest BCUT2D eigenvalue weighted by atomic mass is 9.80. The molecule has 4 rings (SSSR count). The minimum atomic E-state index is -2.30. The van der Waals surface area contributed by atoms with Gasteiger partial charge in [-0.1, -0.05) is 76.8 Å². The number of carbonyl (C=O) groups is 8. The quantitative estimate of drug-likeness (QED) is 0.106. The Balaban J connectivity index is 1.90. The molecule has 1 spiro atoms. The molecule has 6 atom stereocenters. The van der Waals surface area contributed by atoms with E-state index in [1.807, 2.05) is 13.8 Å². The fraction of sp³-hybridized carbons (Fsp3) is 0.667. The zero-order valence-corrected chi connectivity index (χ0v) is 36.9. The highest BCUT2D eigenvalue weighted by Gasteiger charge is 2.52. The van der Waals surface area contributed by atoms with E-state index in [1.54, 1.807) is 60.8 Å². The van der Waals surface area contributed by atoms with Gasteiger partial charge in [-0.25, -0.2) is 0 Å². The molecule has 59 heavy (non-hydrogen) atoms. The number of rotatable bonds is 18. The molecule has 1 aliphatic carbocycles. The van der Waals surface area contributed by atoms with E-state index in [0.717, 1.165) is 24.3 Å². The number of hydrogen-bond acceptors (Lipinski definition) is 12. The van der Waals surface area contributed by atoms with Crippen molar-refractivity contribution in [3.8, 4) is 0 Å². The fourth-order valence-electron chi connectivity index (χ4n) is 8.02. The Kier molecular flexibility index (Phi) is 18.0. The number of nitrogens with zero attached hydrogens (tertiary/aromatic N) is 2. The maximum absolute atomic E-state index is 15.5. The van der Waals surface area contributed by atoms with E-state index in [4.69, 9.17) is 5.73 Å². The highest BCUT2D eigenvalue weighted by Crippen LogP contribution is 2.48. The van der Waals surface area contributed by atoms with Crippen LogP contribution in [0, 0.1) is 11.8 Å². The number of likely N-dealkylation sites (N-methyl/N-ethyl adjacent to an activating group) is 1. The summed E-state index contributed by atoms with van der Waals surface area (Å²) in [5.41, 5.74) is 6.58. The summed E-state index contributed by atoms with van der Waals surface area (Å²) in [5.74, 6) is -6.20. The van der Waals surface area contributed by atoms with Crippen LogP contribution in [0.2, 0.25) is 0 Å². The van der Waals surface area contributed by atoms with Crippen molar-refractivity contribution in [2.75, 3.05) is 32.1 Å². The molecule has 2 heterocycles. The van der Waals surface area contributed by atoms with Crippen molar-refractivity contribution < 1.29 is 38.4 Å². The van der Waals surface area contributed by atoms with Gasteiger partial charge in [0.25, 0.3) is 11.8 Å². The topological polar surface area (TPSA) is 217 Å². The molecule has 0 bridgehead atoms. The van der Waals surface area contributed by atoms with Crippen LogP contribution in [0.3, 0.4) is 0 Å². The summed E-state index contributed by atoms with van der Waals surface area (Å²) in [5, 5.41) is 11.4. The van der Waals surface area contributed by atoms with Crippen LogP contribution in [0.1, 0.15) is 104 Å². The molecule has 6 N–H and O–H groups in total. The van der Waals surface area contributed by atoms with Gasteiger partial charge in [0.15, 0.2) is 11.8 Å². The molecule has 0 radical (unpaired) electrons. The Morgan fingerprint density at radius 2 is 1.54 bits per heavy atom. The number of nitrogens with one attached hydrogen (secondary N) is 4. The van der Waals surface area contributed by atoms with Gasteiger partial charge in [0.2, 0.25) is 29.4 Å². The number of benzene rings is 1. The monoisotopic (exact) mass is 857 g/mol. The number of ketones is 2. The number of nitrogens with two attached hydrogens (primary N) is 1. The van der Waals surface area contributed by atoms with E-state index in [9.17, 15) is 24.0 Å². The second-order valence-corrected chi connectivity index (χ2v) is 19.7. The van der Waals surface area contributed by atoms with E-state index in [1.165, 1.54) is 25.9 Å². The maximum atomic E-state index is 15.5. The smallest absolute Gasteiger partial charge is 0.299 e. The van der Waals surface area contributed by atoms with Gasteiger partial charge in [0.05, 0.1) is 22.2 Å². The molecule has 1 aromatic rings. The van der Waals surface area contributed by atoms with E-state index in [0.29, 0.717) is 49.1 Å².